The number of ether oxygens (including phenoxy) is 2. The van der Waals surface area contributed by atoms with Crippen LogP contribution in [-0.4, -0.2) is 89.6 Å². The summed E-state index contributed by atoms with van der Waals surface area (Å²) >= 11 is 6.54. The van der Waals surface area contributed by atoms with Crippen LogP contribution in [0.3, 0.4) is 0 Å². The molecule has 3 aliphatic heterocycles. The van der Waals surface area contributed by atoms with Gasteiger partial charge in [0.25, 0.3) is 0 Å². The summed E-state index contributed by atoms with van der Waals surface area (Å²) in [4.78, 5) is 27.8. The molecule has 1 saturated carbocycles. The maximum Gasteiger partial charge on any atom is 0.410 e. The van der Waals surface area contributed by atoms with Crippen LogP contribution >= 0.6 is 11.6 Å². The largest absolute Gasteiger partial charge is 0.462 e. The van der Waals surface area contributed by atoms with Crippen molar-refractivity contribution in [3.05, 3.63) is 58.3 Å². The van der Waals surface area contributed by atoms with Crippen LogP contribution in [0, 0.1) is 11.3 Å². The van der Waals surface area contributed by atoms with Crippen molar-refractivity contribution >= 4 is 23.5 Å². The van der Waals surface area contributed by atoms with Crippen LogP contribution in [0.25, 0.3) is 0 Å². The van der Waals surface area contributed by atoms with E-state index in [-0.39, 0.29) is 37.4 Å². The number of benzene rings is 1. The van der Waals surface area contributed by atoms with Crippen molar-refractivity contribution in [3.8, 4) is 12.1 Å². The summed E-state index contributed by atoms with van der Waals surface area (Å²) in [6.45, 7) is 4.73. The van der Waals surface area contributed by atoms with Crippen LogP contribution in [0.1, 0.15) is 60.7 Å². The fourth-order valence-electron chi connectivity index (χ4n) is 8.37. The second-order valence-corrected chi connectivity index (χ2v) is 13.5. The second-order valence-electron chi connectivity index (χ2n) is 13.1. The van der Waals surface area contributed by atoms with Gasteiger partial charge in [0, 0.05) is 41.7 Å². The van der Waals surface area contributed by atoms with E-state index in [1.54, 1.807) is 4.90 Å². The van der Waals surface area contributed by atoms with E-state index in [1.165, 1.54) is 6.08 Å². The Kier molecular flexibility index (Phi) is 7.64. The van der Waals surface area contributed by atoms with Gasteiger partial charge in [-0.2, -0.15) is 15.2 Å². The zero-order valence-electron chi connectivity index (χ0n) is 25.4. The molecule has 1 amide bonds. The maximum absolute atomic E-state index is 17.1. The first-order valence-corrected chi connectivity index (χ1v) is 16.1. The number of anilines is 1. The zero-order valence-corrected chi connectivity index (χ0v) is 26.1. The lowest BCUT2D eigenvalue weighted by atomic mass is 9.68. The van der Waals surface area contributed by atoms with Crippen LogP contribution < -0.4 is 9.64 Å². The highest BCUT2D eigenvalue weighted by atomic mass is 35.5. The molecule has 0 radical (unpaired) electrons. The lowest BCUT2D eigenvalue weighted by molar-refractivity contribution is 0.0665. The predicted molar refractivity (Wildman–Crippen MR) is 164 cm³/mol. The summed E-state index contributed by atoms with van der Waals surface area (Å²) < 4.78 is 43.8. The molecule has 1 aromatic carbocycles. The van der Waals surface area contributed by atoms with Crippen LogP contribution in [0.5, 0.6) is 6.01 Å². The normalized spacial score (nSPS) is 31.6. The van der Waals surface area contributed by atoms with Crippen molar-refractivity contribution in [3.63, 3.8) is 0 Å². The molecule has 3 saturated heterocycles. The Hall–Kier alpha value is -3.49. The molecule has 6 aliphatic rings. The number of amides is 1. The minimum Gasteiger partial charge on any atom is -0.462 e. The topological polar surface area (TPSA) is 94.8 Å². The standard InChI is InChI=1S/C33H37ClF2N6O3/c1-3-15-44-31(43)42-14-13-41(18-20(42)9-12-37)29-23-8-11-32(10-7-22-24(32)5-4-6-25(22)34)28(35)27(23)38-30(39-29)45-19-26-33(36)16-21(17-33)40(26)2/h3-6,20-21,26,28H,1,7-11,13-19H2,2H3/t20-,21?,26?,28-,32+,33?/m0/s1. The van der Waals surface area contributed by atoms with Crippen LogP contribution in [0.2, 0.25) is 5.02 Å². The molecule has 9 nitrogen and oxygen atoms in total. The highest BCUT2D eigenvalue weighted by molar-refractivity contribution is 6.31. The van der Waals surface area contributed by atoms with E-state index in [0.29, 0.717) is 74.6 Å². The Balaban J connectivity index is 1.23. The average Bonchev–Trinajstić information content (AvgIpc) is 3.60. The summed E-state index contributed by atoms with van der Waals surface area (Å²) in [5, 5.41) is 10.2. The van der Waals surface area contributed by atoms with Gasteiger partial charge in [-0.05, 0) is 62.8 Å². The van der Waals surface area contributed by atoms with Gasteiger partial charge < -0.3 is 19.3 Å². The van der Waals surface area contributed by atoms with Gasteiger partial charge in [0.1, 0.15) is 24.7 Å². The minimum atomic E-state index is -1.43. The van der Waals surface area contributed by atoms with Gasteiger partial charge in [-0.1, -0.05) is 36.4 Å². The lowest BCUT2D eigenvalue weighted by Gasteiger charge is -2.43. The quantitative estimate of drug-likeness (QED) is 0.379. The first-order chi connectivity index (χ1) is 21.7. The third-order valence-electron chi connectivity index (χ3n) is 10.9. The fourth-order valence-corrected chi connectivity index (χ4v) is 8.64. The molecule has 2 bridgehead atoms. The molecule has 4 atom stereocenters. The first kappa shape index (κ1) is 30.2. The van der Waals surface area contributed by atoms with Gasteiger partial charge in [0.05, 0.1) is 30.3 Å². The smallest absolute Gasteiger partial charge is 0.410 e. The van der Waals surface area contributed by atoms with Crippen molar-refractivity contribution in [1.82, 2.24) is 19.8 Å². The van der Waals surface area contributed by atoms with Gasteiger partial charge in [0.15, 0.2) is 6.17 Å². The number of rotatable bonds is 7. The summed E-state index contributed by atoms with van der Waals surface area (Å²) in [5.41, 5.74) is 0.865. The molecular weight excluding hydrogens is 602 g/mol. The van der Waals surface area contributed by atoms with Crippen LogP contribution in [0.4, 0.5) is 19.4 Å². The number of carbonyl (C=O) groups is 1. The van der Waals surface area contributed by atoms with E-state index in [0.717, 1.165) is 11.1 Å². The third-order valence-corrected chi connectivity index (χ3v) is 11.2. The molecule has 0 N–H and O–H groups in total. The first-order valence-electron chi connectivity index (χ1n) is 15.7. The molecule has 2 aromatic rings. The van der Waals surface area contributed by atoms with Crippen LogP contribution in [0.15, 0.2) is 30.9 Å². The Labute approximate surface area is 266 Å². The van der Waals surface area contributed by atoms with Crippen molar-refractivity contribution in [2.75, 3.05) is 44.8 Å². The monoisotopic (exact) mass is 638 g/mol. The molecule has 1 unspecified atom stereocenters. The molecule has 1 aromatic heterocycles. The number of hydrogen-bond acceptors (Lipinski definition) is 8. The number of likely N-dealkylation sites (N-methyl/N-ethyl adjacent to an activating group) is 1. The van der Waals surface area contributed by atoms with Gasteiger partial charge in [-0.25, -0.2) is 13.6 Å². The number of hydrogen-bond donors (Lipinski definition) is 0. The van der Waals surface area contributed by atoms with E-state index in [9.17, 15) is 10.1 Å². The van der Waals surface area contributed by atoms with Gasteiger partial charge in [0.2, 0.25) is 0 Å². The number of halogens is 3. The molecule has 12 heteroatoms. The van der Waals surface area contributed by atoms with E-state index in [4.69, 9.17) is 26.1 Å². The number of carbonyl (C=O) groups excluding carboxylic acids is 1. The summed E-state index contributed by atoms with van der Waals surface area (Å²) in [6, 6.07) is 7.22. The summed E-state index contributed by atoms with van der Waals surface area (Å²) in [6.07, 6.45) is 3.07. The molecule has 1 spiro atoms. The fraction of sp³-hybridized carbons (Fsp3) is 0.576. The Morgan fingerprint density at radius 2 is 2.02 bits per heavy atom. The number of nitrogens with zero attached hydrogens (tertiary/aromatic N) is 6. The Morgan fingerprint density at radius 3 is 2.73 bits per heavy atom. The molecule has 45 heavy (non-hydrogen) atoms. The summed E-state index contributed by atoms with van der Waals surface area (Å²) in [7, 11) is 1.91. The van der Waals surface area contributed by atoms with E-state index in [1.807, 2.05) is 35.0 Å². The number of aromatic nitrogens is 2. The van der Waals surface area contributed by atoms with Crippen molar-refractivity contribution < 1.29 is 23.0 Å². The maximum atomic E-state index is 17.1. The highest BCUT2D eigenvalue weighted by Gasteiger charge is 2.62. The van der Waals surface area contributed by atoms with E-state index in [2.05, 4.69) is 17.6 Å². The number of piperazine rings is 1. The lowest BCUT2D eigenvalue weighted by Crippen LogP contribution is -2.56. The van der Waals surface area contributed by atoms with Crippen molar-refractivity contribution in [2.24, 2.45) is 0 Å². The number of nitriles is 1. The summed E-state index contributed by atoms with van der Waals surface area (Å²) in [5.74, 6) is 0.540. The van der Waals surface area contributed by atoms with Gasteiger partial charge in [-0.3, -0.25) is 4.90 Å². The molecular formula is C33H37ClF2N6O3. The molecule has 8 rings (SSSR count). The SMILES string of the molecule is C=CCOC(=O)N1CCN(c2nc(OCC3N(C)C4CC3(F)C4)nc3c2CC[C@@]2(CCc4c(Cl)cccc42)[C@H]3F)C[C@@H]1CC#N. The zero-order chi connectivity index (χ0) is 31.5. The predicted octanol–water partition coefficient (Wildman–Crippen LogP) is 5.26. The minimum absolute atomic E-state index is 0.0125. The number of fused-ring (bicyclic) bond motifs is 4. The molecule has 4 heterocycles. The Morgan fingerprint density at radius 1 is 1.24 bits per heavy atom. The van der Waals surface area contributed by atoms with Gasteiger partial charge >= 0.3 is 12.1 Å². The molecule has 3 aliphatic carbocycles. The number of alkyl halides is 2. The van der Waals surface area contributed by atoms with E-state index < -0.39 is 35.4 Å². The molecule has 4 fully saturated rings. The average molecular weight is 639 g/mol. The van der Waals surface area contributed by atoms with Crippen LogP contribution in [-0.2, 0) is 23.0 Å². The Bertz CT molecular complexity index is 1560. The van der Waals surface area contributed by atoms with Crippen molar-refractivity contribution in [1.29, 1.82) is 5.26 Å². The van der Waals surface area contributed by atoms with E-state index >= 15 is 8.78 Å². The van der Waals surface area contributed by atoms with Gasteiger partial charge in [-0.15, -0.1) is 0 Å². The second kappa shape index (κ2) is 11.4. The highest BCUT2D eigenvalue weighted by Crippen LogP contribution is 2.57. The molecule has 238 valence electrons. The van der Waals surface area contributed by atoms with Crippen molar-refractivity contribution in [2.45, 2.75) is 80.3 Å². The third kappa shape index (κ3) is 4.83.